The smallest absolute Gasteiger partial charge is 0.0457 e. The second-order valence-electron chi connectivity index (χ2n) is 5.66. The van der Waals surface area contributed by atoms with Crippen molar-refractivity contribution in [3.63, 3.8) is 0 Å². The van der Waals surface area contributed by atoms with Crippen molar-refractivity contribution in [3.05, 3.63) is 36.0 Å². The Morgan fingerprint density at radius 1 is 1.33 bits per heavy atom. The van der Waals surface area contributed by atoms with Gasteiger partial charge in [-0.15, -0.1) is 0 Å². The van der Waals surface area contributed by atoms with Gasteiger partial charge in [-0.05, 0) is 45.4 Å². The molecule has 1 aromatic carbocycles. The van der Waals surface area contributed by atoms with Crippen LogP contribution in [0.25, 0.3) is 10.9 Å². The Morgan fingerprint density at radius 2 is 2.06 bits per heavy atom. The maximum atomic E-state index is 6.07. The average molecular weight is 245 g/mol. The molecule has 98 valence electrons. The third-order valence-electron chi connectivity index (χ3n) is 3.42. The fraction of sp³-hybridized carbons (Fsp3) is 0.467. The number of fused-ring (bicyclic) bond motifs is 1. The van der Waals surface area contributed by atoms with Crippen LogP contribution in [0, 0.1) is 0 Å². The van der Waals surface area contributed by atoms with Crippen molar-refractivity contribution in [2.45, 2.75) is 38.3 Å². The molecule has 1 heterocycles. The van der Waals surface area contributed by atoms with Gasteiger partial charge in [-0.1, -0.05) is 18.2 Å². The number of rotatable bonds is 5. The predicted molar refractivity (Wildman–Crippen MR) is 77.6 cm³/mol. The summed E-state index contributed by atoms with van der Waals surface area (Å²) in [6.45, 7) is 4.16. The van der Waals surface area contributed by atoms with Crippen LogP contribution < -0.4 is 11.1 Å². The molecule has 0 radical (unpaired) electrons. The largest absolute Gasteiger partial charge is 0.361 e. The molecule has 0 amide bonds. The van der Waals surface area contributed by atoms with Gasteiger partial charge in [0.25, 0.3) is 0 Å². The maximum Gasteiger partial charge on any atom is 0.0457 e. The summed E-state index contributed by atoms with van der Waals surface area (Å²) in [5, 5.41) is 4.69. The molecule has 4 N–H and O–H groups in total. The summed E-state index contributed by atoms with van der Waals surface area (Å²) >= 11 is 0. The first-order valence-electron chi connectivity index (χ1n) is 6.53. The van der Waals surface area contributed by atoms with E-state index in [1.54, 1.807) is 0 Å². The third-order valence-corrected chi connectivity index (χ3v) is 3.42. The Hall–Kier alpha value is -1.32. The van der Waals surface area contributed by atoms with Gasteiger partial charge < -0.3 is 16.0 Å². The van der Waals surface area contributed by atoms with Gasteiger partial charge in [0.15, 0.2) is 0 Å². The number of hydrogen-bond donors (Lipinski definition) is 3. The Balaban J connectivity index is 2.22. The summed E-state index contributed by atoms with van der Waals surface area (Å²) in [7, 11) is 2.01. The number of aromatic amines is 1. The minimum atomic E-state index is -0.110. The van der Waals surface area contributed by atoms with Crippen molar-refractivity contribution in [1.29, 1.82) is 0 Å². The van der Waals surface area contributed by atoms with Crippen LogP contribution in [0.5, 0.6) is 0 Å². The van der Waals surface area contributed by atoms with Crippen LogP contribution in [0.1, 0.15) is 38.3 Å². The molecule has 0 saturated heterocycles. The summed E-state index contributed by atoms with van der Waals surface area (Å²) in [5.74, 6) is 0. The zero-order valence-corrected chi connectivity index (χ0v) is 11.5. The molecule has 1 aromatic heterocycles. The van der Waals surface area contributed by atoms with E-state index in [4.69, 9.17) is 5.73 Å². The summed E-state index contributed by atoms with van der Waals surface area (Å²) in [5.41, 5.74) is 8.48. The predicted octanol–water partition coefficient (Wildman–Crippen LogP) is 2.95. The van der Waals surface area contributed by atoms with E-state index in [2.05, 4.69) is 54.6 Å². The highest BCUT2D eigenvalue weighted by molar-refractivity contribution is 5.83. The highest BCUT2D eigenvalue weighted by Crippen LogP contribution is 2.28. The van der Waals surface area contributed by atoms with Crippen LogP contribution in [-0.2, 0) is 0 Å². The second-order valence-corrected chi connectivity index (χ2v) is 5.66. The lowest BCUT2D eigenvalue weighted by Gasteiger charge is -2.23. The molecule has 0 aliphatic heterocycles. The number of hydrogen-bond acceptors (Lipinski definition) is 2. The summed E-state index contributed by atoms with van der Waals surface area (Å²) < 4.78 is 0. The van der Waals surface area contributed by atoms with Crippen LogP contribution in [0.3, 0.4) is 0 Å². The monoisotopic (exact) mass is 245 g/mol. The van der Waals surface area contributed by atoms with Gasteiger partial charge >= 0.3 is 0 Å². The SMILES string of the molecule is CNC(CCC(C)(C)N)c1c[nH]c2ccccc12. The minimum Gasteiger partial charge on any atom is -0.361 e. The second kappa shape index (κ2) is 5.12. The topological polar surface area (TPSA) is 53.8 Å². The minimum absolute atomic E-state index is 0.110. The molecule has 18 heavy (non-hydrogen) atoms. The lowest BCUT2D eigenvalue weighted by Crippen LogP contribution is -2.33. The van der Waals surface area contributed by atoms with Crippen LogP contribution in [-0.4, -0.2) is 17.6 Å². The fourth-order valence-electron chi connectivity index (χ4n) is 2.35. The standard InChI is InChI=1S/C15H23N3/c1-15(2,16)9-8-13(17-3)12-10-18-14-7-5-4-6-11(12)14/h4-7,10,13,17-18H,8-9,16H2,1-3H3. The molecule has 0 aliphatic carbocycles. The number of nitrogens with two attached hydrogens (primary N) is 1. The van der Waals surface area contributed by atoms with E-state index >= 15 is 0 Å². The lowest BCUT2D eigenvalue weighted by molar-refractivity contribution is 0.412. The van der Waals surface area contributed by atoms with Crippen molar-refractivity contribution in [2.24, 2.45) is 5.73 Å². The molecular formula is C15H23N3. The number of nitrogens with one attached hydrogen (secondary N) is 2. The van der Waals surface area contributed by atoms with Gasteiger partial charge in [-0.2, -0.15) is 0 Å². The highest BCUT2D eigenvalue weighted by atomic mass is 14.9. The molecule has 0 spiro atoms. The number of H-pyrrole nitrogens is 1. The van der Waals surface area contributed by atoms with E-state index < -0.39 is 0 Å². The first-order chi connectivity index (χ1) is 8.51. The van der Waals surface area contributed by atoms with Gasteiger partial charge in [-0.3, -0.25) is 0 Å². The van der Waals surface area contributed by atoms with Crippen LogP contribution in [0.4, 0.5) is 0 Å². The highest BCUT2D eigenvalue weighted by Gasteiger charge is 2.18. The van der Waals surface area contributed by atoms with E-state index in [1.807, 2.05) is 7.05 Å². The number of benzene rings is 1. The van der Waals surface area contributed by atoms with Crippen molar-refractivity contribution >= 4 is 10.9 Å². The molecule has 1 unspecified atom stereocenters. The molecule has 2 aromatic rings. The Kier molecular flexibility index (Phi) is 3.73. The molecule has 3 nitrogen and oxygen atoms in total. The van der Waals surface area contributed by atoms with Gasteiger partial charge in [0.1, 0.15) is 0 Å². The molecule has 0 saturated carbocycles. The quantitative estimate of drug-likeness (QED) is 0.758. The fourth-order valence-corrected chi connectivity index (χ4v) is 2.35. The van der Waals surface area contributed by atoms with E-state index in [0.29, 0.717) is 6.04 Å². The van der Waals surface area contributed by atoms with E-state index in [0.717, 1.165) is 12.8 Å². The molecule has 0 bridgehead atoms. The van der Waals surface area contributed by atoms with Crippen LogP contribution >= 0.6 is 0 Å². The Morgan fingerprint density at radius 3 is 2.72 bits per heavy atom. The number of aromatic nitrogens is 1. The van der Waals surface area contributed by atoms with Crippen LogP contribution in [0.2, 0.25) is 0 Å². The van der Waals surface area contributed by atoms with E-state index in [9.17, 15) is 0 Å². The van der Waals surface area contributed by atoms with Crippen LogP contribution in [0.15, 0.2) is 30.5 Å². The third kappa shape index (κ3) is 2.92. The van der Waals surface area contributed by atoms with Crippen molar-refractivity contribution in [2.75, 3.05) is 7.05 Å². The summed E-state index contributed by atoms with van der Waals surface area (Å²) in [6, 6.07) is 8.76. The first-order valence-corrected chi connectivity index (χ1v) is 6.53. The molecular weight excluding hydrogens is 222 g/mol. The zero-order chi connectivity index (χ0) is 13.2. The van der Waals surface area contributed by atoms with Crippen molar-refractivity contribution in [3.8, 4) is 0 Å². The zero-order valence-electron chi connectivity index (χ0n) is 11.5. The Bertz CT molecular complexity index is 508. The summed E-state index contributed by atoms with van der Waals surface area (Å²) in [6.07, 6.45) is 4.15. The number of para-hydroxylation sites is 1. The first kappa shape index (κ1) is 13.1. The van der Waals surface area contributed by atoms with Gasteiger partial charge in [0.05, 0.1) is 0 Å². The molecule has 3 heteroatoms. The molecule has 0 fully saturated rings. The van der Waals surface area contributed by atoms with Gasteiger partial charge in [-0.25, -0.2) is 0 Å². The molecule has 1 atom stereocenters. The molecule has 2 rings (SSSR count). The normalized spacial score (nSPS) is 14.0. The lowest BCUT2D eigenvalue weighted by atomic mass is 9.93. The van der Waals surface area contributed by atoms with Gasteiger partial charge in [0, 0.05) is 28.7 Å². The maximum absolute atomic E-state index is 6.07. The molecule has 0 aliphatic rings. The average Bonchev–Trinajstić information content (AvgIpc) is 2.73. The summed E-state index contributed by atoms with van der Waals surface area (Å²) in [4.78, 5) is 3.33. The van der Waals surface area contributed by atoms with E-state index in [1.165, 1.54) is 16.5 Å². The van der Waals surface area contributed by atoms with E-state index in [-0.39, 0.29) is 5.54 Å². The Labute approximate surface area is 109 Å². The van der Waals surface area contributed by atoms with Crippen molar-refractivity contribution in [1.82, 2.24) is 10.3 Å². The van der Waals surface area contributed by atoms with Gasteiger partial charge in [0.2, 0.25) is 0 Å². The van der Waals surface area contributed by atoms with Crippen molar-refractivity contribution < 1.29 is 0 Å².